The molecule has 0 fully saturated rings. The highest BCUT2D eigenvalue weighted by atomic mass is 16.4. The van der Waals surface area contributed by atoms with E-state index in [9.17, 15) is 9.90 Å². The van der Waals surface area contributed by atoms with Gasteiger partial charge in [0.25, 0.3) is 0 Å². The molecule has 0 aliphatic rings. The molecular formula is C16H19N3O2. The van der Waals surface area contributed by atoms with E-state index in [4.69, 9.17) is 5.73 Å². The summed E-state index contributed by atoms with van der Waals surface area (Å²) >= 11 is 0. The molecule has 5 heteroatoms. The maximum Gasteiger partial charge on any atom is 0.338 e. The van der Waals surface area contributed by atoms with E-state index in [0.717, 1.165) is 11.4 Å². The van der Waals surface area contributed by atoms with Gasteiger partial charge in [-0.3, -0.25) is 9.88 Å². The van der Waals surface area contributed by atoms with Gasteiger partial charge in [-0.05, 0) is 37.7 Å². The molecule has 21 heavy (non-hydrogen) atoms. The number of rotatable bonds is 5. The van der Waals surface area contributed by atoms with Crippen molar-refractivity contribution in [2.45, 2.75) is 20.0 Å². The van der Waals surface area contributed by atoms with Crippen molar-refractivity contribution < 1.29 is 9.90 Å². The Labute approximate surface area is 124 Å². The molecule has 3 N–H and O–H groups in total. The van der Waals surface area contributed by atoms with Gasteiger partial charge in [-0.1, -0.05) is 18.2 Å². The number of pyridine rings is 1. The average molecular weight is 285 g/mol. The first-order chi connectivity index (χ1) is 9.97. The number of nitrogens with zero attached hydrogens (tertiary/aromatic N) is 2. The minimum Gasteiger partial charge on any atom is -0.478 e. The Morgan fingerprint density at radius 2 is 1.95 bits per heavy atom. The third-order valence-electron chi connectivity index (χ3n) is 3.22. The van der Waals surface area contributed by atoms with Crippen molar-refractivity contribution in [1.29, 1.82) is 0 Å². The normalized spacial score (nSPS) is 10.8. The number of anilines is 1. The van der Waals surface area contributed by atoms with Crippen LogP contribution in [0.15, 0.2) is 36.4 Å². The number of carboxylic acids is 1. The number of hydrogen-bond donors (Lipinski definition) is 2. The maximum absolute atomic E-state index is 11.3. The minimum atomic E-state index is -0.995. The van der Waals surface area contributed by atoms with Gasteiger partial charge in [0.05, 0.1) is 11.3 Å². The quantitative estimate of drug-likeness (QED) is 0.824. The van der Waals surface area contributed by atoms with E-state index in [1.54, 1.807) is 18.2 Å². The van der Waals surface area contributed by atoms with Crippen LogP contribution in [0.1, 0.15) is 27.3 Å². The molecule has 0 radical (unpaired) electrons. The Balaban J connectivity index is 2.15. The Hall–Kier alpha value is -2.40. The molecule has 0 bridgehead atoms. The molecule has 1 aromatic heterocycles. The second-order valence-corrected chi connectivity index (χ2v) is 5.13. The van der Waals surface area contributed by atoms with Gasteiger partial charge < -0.3 is 10.8 Å². The second-order valence-electron chi connectivity index (χ2n) is 5.13. The van der Waals surface area contributed by atoms with Gasteiger partial charge in [0.15, 0.2) is 0 Å². The summed E-state index contributed by atoms with van der Waals surface area (Å²) in [4.78, 5) is 17.8. The van der Waals surface area contributed by atoms with E-state index in [1.165, 1.54) is 0 Å². The number of aryl methyl sites for hydroxylation is 1. The summed E-state index contributed by atoms with van der Waals surface area (Å²) in [6.45, 7) is 3.10. The van der Waals surface area contributed by atoms with Crippen LogP contribution in [0.5, 0.6) is 0 Å². The molecule has 0 saturated heterocycles. The van der Waals surface area contributed by atoms with E-state index in [0.29, 0.717) is 24.3 Å². The lowest BCUT2D eigenvalue weighted by molar-refractivity contribution is 0.0696. The topological polar surface area (TPSA) is 79.5 Å². The lowest BCUT2D eigenvalue weighted by atomic mass is 10.1. The van der Waals surface area contributed by atoms with Crippen molar-refractivity contribution in [3.8, 4) is 0 Å². The van der Waals surface area contributed by atoms with Crippen molar-refractivity contribution in [1.82, 2.24) is 9.88 Å². The number of aromatic nitrogens is 1. The largest absolute Gasteiger partial charge is 0.478 e. The fourth-order valence-electron chi connectivity index (χ4n) is 2.32. The number of carboxylic acid groups (broad SMARTS) is 1. The van der Waals surface area contributed by atoms with Gasteiger partial charge in [0.1, 0.15) is 0 Å². The van der Waals surface area contributed by atoms with Crippen LogP contribution in [-0.4, -0.2) is 28.0 Å². The number of aromatic carboxylic acids is 1. The van der Waals surface area contributed by atoms with Crippen LogP contribution in [0.3, 0.4) is 0 Å². The van der Waals surface area contributed by atoms with Crippen LogP contribution in [0.2, 0.25) is 0 Å². The van der Waals surface area contributed by atoms with Crippen molar-refractivity contribution in [2.24, 2.45) is 0 Å². The van der Waals surface area contributed by atoms with Gasteiger partial charge in [-0.2, -0.15) is 0 Å². The summed E-state index contributed by atoms with van der Waals surface area (Å²) in [6, 6.07) is 11.0. The zero-order chi connectivity index (χ0) is 15.4. The van der Waals surface area contributed by atoms with Crippen molar-refractivity contribution in [2.75, 3.05) is 12.8 Å². The molecule has 0 unspecified atom stereocenters. The van der Waals surface area contributed by atoms with E-state index in [1.807, 2.05) is 37.1 Å². The first-order valence-electron chi connectivity index (χ1n) is 6.69. The molecule has 2 rings (SSSR count). The molecule has 0 aliphatic heterocycles. The van der Waals surface area contributed by atoms with E-state index >= 15 is 0 Å². The Bertz CT molecular complexity index is 656. The molecule has 0 spiro atoms. The molecule has 110 valence electrons. The van der Waals surface area contributed by atoms with Crippen molar-refractivity contribution >= 4 is 11.7 Å². The summed E-state index contributed by atoms with van der Waals surface area (Å²) in [6.07, 6.45) is 0. The van der Waals surface area contributed by atoms with Crippen LogP contribution >= 0.6 is 0 Å². The lowest BCUT2D eigenvalue weighted by Crippen LogP contribution is -2.20. The van der Waals surface area contributed by atoms with Crippen LogP contribution < -0.4 is 5.73 Å². The van der Waals surface area contributed by atoms with E-state index in [-0.39, 0.29) is 5.56 Å². The molecule has 0 aliphatic carbocycles. The van der Waals surface area contributed by atoms with E-state index in [2.05, 4.69) is 4.98 Å². The fourth-order valence-corrected chi connectivity index (χ4v) is 2.32. The first-order valence-corrected chi connectivity index (χ1v) is 6.69. The van der Waals surface area contributed by atoms with Gasteiger partial charge in [-0.25, -0.2) is 4.79 Å². The highest BCUT2D eigenvalue weighted by molar-refractivity contribution is 5.95. The maximum atomic E-state index is 11.3. The SMILES string of the molecule is Cc1cccc(CN(C)Cc2cccc(N)c2C(=O)O)n1. The summed E-state index contributed by atoms with van der Waals surface area (Å²) in [7, 11) is 1.93. The highest BCUT2D eigenvalue weighted by Crippen LogP contribution is 2.19. The predicted molar refractivity (Wildman–Crippen MR) is 82.0 cm³/mol. The molecule has 1 aromatic carbocycles. The summed E-state index contributed by atoms with van der Waals surface area (Å²) in [5.74, 6) is -0.995. The fraction of sp³-hybridized carbons (Fsp3) is 0.250. The Kier molecular flexibility index (Phi) is 4.55. The second kappa shape index (κ2) is 6.37. The Morgan fingerprint density at radius 3 is 2.62 bits per heavy atom. The number of nitrogen functional groups attached to an aromatic ring is 1. The average Bonchev–Trinajstić information content (AvgIpc) is 2.37. The van der Waals surface area contributed by atoms with Gasteiger partial charge >= 0.3 is 5.97 Å². The summed E-state index contributed by atoms with van der Waals surface area (Å²) < 4.78 is 0. The van der Waals surface area contributed by atoms with Gasteiger partial charge in [0.2, 0.25) is 0 Å². The molecule has 2 aromatic rings. The zero-order valence-electron chi connectivity index (χ0n) is 12.2. The number of nitrogens with two attached hydrogens (primary N) is 1. The van der Waals surface area contributed by atoms with Crippen molar-refractivity contribution in [3.63, 3.8) is 0 Å². The standard InChI is InChI=1S/C16H19N3O2/c1-11-5-3-7-13(18-11)10-19(2)9-12-6-4-8-14(17)15(12)16(20)21/h3-8H,9-10,17H2,1-2H3,(H,20,21). The number of hydrogen-bond acceptors (Lipinski definition) is 4. The zero-order valence-corrected chi connectivity index (χ0v) is 12.2. The number of benzene rings is 1. The van der Waals surface area contributed by atoms with Gasteiger partial charge in [0, 0.05) is 24.5 Å². The molecule has 1 heterocycles. The van der Waals surface area contributed by atoms with Crippen LogP contribution in [-0.2, 0) is 13.1 Å². The monoisotopic (exact) mass is 285 g/mol. The summed E-state index contributed by atoms with van der Waals surface area (Å²) in [5.41, 5.74) is 8.87. The lowest BCUT2D eigenvalue weighted by Gasteiger charge is -2.18. The van der Waals surface area contributed by atoms with Crippen LogP contribution in [0, 0.1) is 6.92 Å². The molecule has 0 saturated carbocycles. The highest BCUT2D eigenvalue weighted by Gasteiger charge is 2.15. The molecule has 5 nitrogen and oxygen atoms in total. The minimum absolute atomic E-state index is 0.182. The summed E-state index contributed by atoms with van der Waals surface area (Å²) in [5, 5.41) is 9.27. The molecular weight excluding hydrogens is 266 g/mol. The smallest absolute Gasteiger partial charge is 0.338 e. The number of carbonyl (C=O) groups is 1. The van der Waals surface area contributed by atoms with E-state index < -0.39 is 5.97 Å². The molecule has 0 atom stereocenters. The van der Waals surface area contributed by atoms with Crippen LogP contribution in [0.25, 0.3) is 0 Å². The first kappa shape index (κ1) is 15.0. The Morgan fingerprint density at radius 1 is 1.24 bits per heavy atom. The third kappa shape index (κ3) is 3.79. The third-order valence-corrected chi connectivity index (χ3v) is 3.22. The molecule has 0 amide bonds. The van der Waals surface area contributed by atoms with Crippen LogP contribution in [0.4, 0.5) is 5.69 Å². The van der Waals surface area contributed by atoms with Crippen molar-refractivity contribution in [3.05, 3.63) is 58.9 Å². The predicted octanol–water partition coefficient (Wildman–Crippen LogP) is 2.30. The van der Waals surface area contributed by atoms with Gasteiger partial charge in [-0.15, -0.1) is 0 Å².